The molecule has 0 spiro atoms. The first-order valence-electron chi connectivity index (χ1n) is 10.2. The zero-order valence-electron chi connectivity index (χ0n) is 16.4. The van der Waals surface area contributed by atoms with Gasteiger partial charge in [0.15, 0.2) is 0 Å². The summed E-state index contributed by atoms with van der Waals surface area (Å²) in [5.41, 5.74) is 1.56. The Bertz CT molecular complexity index is 971. The van der Waals surface area contributed by atoms with Crippen molar-refractivity contribution in [3.63, 3.8) is 0 Å². The van der Waals surface area contributed by atoms with Crippen molar-refractivity contribution in [3.8, 4) is 0 Å². The predicted molar refractivity (Wildman–Crippen MR) is 107 cm³/mol. The Morgan fingerprint density at radius 1 is 1.04 bits per heavy atom. The van der Waals surface area contributed by atoms with E-state index in [2.05, 4.69) is 4.98 Å². The van der Waals surface area contributed by atoms with Gasteiger partial charge in [-0.2, -0.15) is 4.31 Å². The normalized spacial score (nSPS) is 18.8. The third-order valence-electron chi connectivity index (χ3n) is 5.92. The van der Waals surface area contributed by atoms with E-state index in [-0.39, 0.29) is 5.91 Å². The van der Waals surface area contributed by atoms with Crippen molar-refractivity contribution in [3.05, 3.63) is 24.0 Å². The van der Waals surface area contributed by atoms with Crippen LogP contribution in [0.5, 0.6) is 0 Å². The van der Waals surface area contributed by atoms with E-state index in [4.69, 9.17) is 0 Å². The predicted octanol–water partition coefficient (Wildman–Crippen LogP) is 2.30. The summed E-state index contributed by atoms with van der Waals surface area (Å²) in [4.78, 5) is 19.3. The van der Waals surface area contributed by atoms with Crippen LogP contribution in [0, 0.1) is 0 Å². The highest BCUT2D eigenvalue weighted by Gasteiger charge is 2.27. The van der Waals surface area contributed by atoms with Gasteiger partial charge in [0.25, 0.3) is 0 Å². The molecule has 2 aliphatic heterocycles. The Balaban J connectivity index is 1.52. The molecule has 152 valence electrons. The number of aromatic nitrogens is 2. The number of likely N-dealkylation sites (tertiary alicyclic amines) is 1. The van der Waals surface area contributed by atoms with Gasteiger partial charge in [0.2, 0.25) is 15.9 Å². The molecule has 0 unspecified atom stereocenters. The summed E-state index contributed by atoms with van der Waals surface area (Å²) < 4.78 is 29.1. The van der Waals surface area contributed by atoms with Gasteiger partial charge in [0, 0.05) is 46.1 Å². The number of fused-ring (bicyclic) bond motifs is 1. The summed E-state index contributed by atoms with van der Waals surface area (Å²) in [5, 5.41) is 0. The van der Waals surface area contributed by atoms with Gasteiger partial charge in [-0.3, -0.25) is 4.79 Å². The topological polar surface area (TPSA) is 75.5 Å². The van der Waals surface area contributed by atoms with Crippen LogP contribution in [0.3, 0.4) is 0 Å². The van der Waals surface area contributed by atoms with E-state index in [1.165, 1.54) is 6.42 Å². The summed E-state index contributed by atoms with van der Waals surface area (Å²) in [5.74, 6) is 1.00. The van der Waals surface area contributed by atoms with Crippen LogP contribution in [-0.4, -0.2) is 59.3 Å². The van der Waals surface area contributed by atoms with E-state index >= 15 is 0 Å². The molecule has 0 bridgehead atoms. The zero-order valence-corrected chi connectivity index (χ0v) is 17.2. The summed E-state index contributed by atoms with van der Waals surface area (Å²) in [7, 11) is -1.53. The molecule has 2 aromatic rings. The first-order valence-corrected chi connectivity index (χ1v) is 11.6. The number of rotatable bonds is 5. The van der Waals surface area contributed by atoms with Crippen molar-refractivity contribution < 1.29 is 13.2 Å². The van der Waals surface area contributed by atoms with E-state index < -0.39 is 10.0 Å². The number of piperidine rings is 1. The first kappa shape index (κ1) is 19.4. The molecule has 2 saturated heterocycles. The highest BCUT2D eigenvalue weighted by molar-refractivity contribution is 7.89. The van der Waals surface area contributed by atoms with Gasteiger partial charge in [0.1, 0.15) is 5.82 Å². The largest absolute Gasteiger partial charge is 0.343 e. The molecule has 3 heterocycles. The molecule has 0 aliphatic carbocycles. The zero-order chi connectivity index (χ0) is 19.7. The second-order valence-corrected chi connectivity index (χ2v) is 9.73. The minimum atomic E-state index is -3.45. The number of carbonyl (C=O) groups excluding carboxylic acids is 1. The van der Waals surface area contributed by atoms with Crippen LogP contribution in [0.1, 0.15) is 44.3 Å². The molecule has 0 saturated carbocycles. The molecule has 7 nitrogen and oxygen atoms in total. The van der Waals surface area contributed by atoms with Crippen molar-refractivity contribution in [1.29, 1.82) is 0 Å². The number of hydrogen-bond donors (Lipinski definition) is 0. The van der Waals surface area contributed by atoms with Crippen LogP contribution in [-0.2, 0) is 28.3 Å². The summed E-state index contributed by atoms with van der Waals surface area (Å²) in [6, 6.07) is 5.15. The average Bonchev–Trinajstić information content (AvgIpc) is 3.36. The average molecular weight is 405 g/mol. The Kier molecular flexibility index (Phi) is 5.42. The van der Waals surface area contributed by atoms with Gasteiger partial charge in [-0.25, -0.2) is 13.4 Å². The van der Waals surface area contributed by atoms with Gasteiger partial charge in [-0.05, 0) is 50.3 Å². The number of nitrogens with zero attached hydrogens (tertiary/aromatic N) is 4. The van der Waals surface area contributed by atoms with Crippen LogP contribution in [0.25, 0.3) is 11.0 Å². The van der Waals surface area contributed by atoms with Gasteiger partial charge >= 0.3 is 0 Å². The lowest BCUT2D eigenvalue weighted by Gasteiger charge is -2.26. The van der Waals surface area contributed by atoms with Gasteiger partial charge in [-0.15, -0.1) is 0 Å². The molecule has 1 amide bonds. The van der Waals surface area contributed by atoms with E-state index in [1.54, 1.807) is 16.4 Å². The highest BCUT2D eigenvalue weighted by Crippen LogP contribution is 2.25. The fourth-order valence-electron chi connectivity index (χ4n) is 4.21. The molecule has 0 radical (unpaired) electrons. The Hall–Kier alpha value is -1.93. The van der Waals surface area contributed by atoms with Crippen molar-refractivity contribution in [2.75, 3.05) is 26.2 Å². The maximum atomic E-state index is 12.8. The molecule has 1 aromatic carbocycles. The molecule has 0 atom stereocenters. The van der Waals surface area contributed by atoms with Crippen molar-refractivity contribution in [2.24, 2.45) is 7.05 Å². The maximum absolute atomic E-state index is 12.8. The van der Waals surface area contributed by atoms with Gasteiger partial charge < -0.3 is 9.47 Å². The summed E-state index contributed by atoms with van der Waals surface area (Å²) >= 11 is 0. The minimum absolute atomic E-state index is 0.184. The van der Waals surface area contributed by atoms with Crippen molar-refractivity contribution in [2.45, 2.75) is 49.8 Å². The van der Waals surface area contributed by atoms with E-state index in [0.29, 0.717) is 36.3 Å². The number of amides is 1. The van der Waals surface area contributed by atoms with E-state index in [1.807, 2.05) is 22.6 Å². The second-order valence-electron chi connectivity index (χ2n) is 7.79. The Morgan fingerprint density at radius 3 is 2.43 bits per heavy atom. The molecule has 0 N–H and O–H groups in total. The van der Waals surface area contributed by atoms with Crippen molar-refractivity contribution in [1.82, 2.24) is 18.8 Å². The third kappa shape index (κ3) is 3.67. The van der Waals surface area contributed by atoms with Gasteiger partial charge in [0.05, 0.1) is 15.9 Å². The molecule has 1 aromatic heterocycles. The van der Waals surface area contributed by atoms with Gasteiger partial charge in [-0.1, -0.05) is 0 Å². The Labute approximate surface area is 166 Å². The first-order chi connectivity index (χ1) is 13.5. The molecule has 28 heavy (non-hydrogen) atoms. The summed E-state index contributed by atoms with van der Waals surface area (Å²) in [6.45, 7) is 2.90. The standard InChI is InChI=1S/C20H28N4O3S/c1-22-18-8-7-16(28(26,27)24-13-5-6-14-24)15-17(18)21-19(22)9-10-20(25)23-11-3-2-4-12-23/h7-8,15H,2-6,9-14H2,1H3. The molecule has 2 fully saturated rings. The third-order valence-corrected chi connectivity index (χ3v) is 7.81. The summed E-state index contributed by atoms with van der Waals surface area (Å²) in [6.07, 6.45) is 6.22. The molecule has 8 heteroatoms. The SMILES string of the molecule is Cn1c(CCC(=O)N2CCCCC2)nc2cc(S(=O)(=O)N3CCCC3)ccc21. The van der Waals surface area contributed by atoms with Crippen LogP contribution >= 0.6 is 0 Å². The Morgan fingerprint density at radius 2 is 1.71 bits per heavy atom. The molecular formula is C20H28N4O3S. The highest BCUT2D eigenvalue weighted by atomic mass is 32.2. The monoisotopic (exact) mass is 404 g/mol. The number of benzene rings is 1. The fraction of sp³-hybridized carbons (Fsp3) is 0.600. The second kappa shape index (κ2) is 7.83. The lowest BCUT2D eigenvalue weighted by Crippen LogP contribution is -2.35. The fourth-order valence-corrected chi connectivity index (χ4v) is 5.75. The number of carbonyl (C=O) groups is 1. The number of aryl methyl sites for hydroxylation is 2. The van der Waals surface area contributed by atoms with Crippen molar-refractivity contribution >= 4 is 27.0 Å². The molecule has 2 aliphatic rings. The lowest BCUT2D eigenvalue weighted by molar-refractivity contribution is -0.132. The number of imidazole rings is 1. The smallest absolute Gasteiger partial charge is 0.243 e. The van der Waals surface area contributed by atoms with E-state index in [0.717, 1.165) is 50.1 Å². The quantitative estimate of drug-likeness (QED) is 0.766. The van der Waals surface area contributed by atoms with Crippen LogP contribution < -0.4 is 0 Å². The minimum Gasteiger partial charge on any atom is -0.343 e. The number of hydrogen-bond acceptors (Lipinski definition) is 4. The molecule has 4 rings (SSSR count). The molecular weight excluding hydrogens is 376 g/mol. The van der Waals surface area contributed by atoms with Crippen LogP contribution in [0.4, 0.5) is 0 Å². The van der Waals surface area contributed by atoms with Crippen LogP contribution in [0.2, 0.25) is 0 Å². The lowest BCUT2D eigenvalue weighted by atomic mass is 10.1. The maximum Gasteiger partial charge on any atom is 0.243 e. The number of sulfonamides is 1. The van der Waals surface area contributed by atoms with E-state index in [9.17, 15) is 13.2 Å². The van der Waals surface area contributed by atoms with Crippen LogP contribution in [0.15, 0.2) is 23.1 Å².